The summed E-state index contributed by atoms with van der Waals surface area (Å²) in [5.74, 6) is -0.443. The Hall–Kier alpha value is -2.17. The lowest BCUT2D eigenvalue weighted by Gasteiger charge is -2.38. The Bertz CT molecular complexity index is 947. The molecule has 0 saturated carbocycles. The number of rotatable bonds is 9. The fourth-order valence-corrected chi connectivity index (χ4v) is 4.82. The van der Waals surface area contributed by atoms with Gasteiger partial charge in [-0.05, 0) is 33.1 Å². The molecular formula is C21H30ClN5O4S. The van der Waals surface area contributed by atoms with Crippen LogP contribution < -0.4 is 10.2 Å². The summed E-state index contributed by atoms with van der Waals surface area (Å²) in [6.07, 6.45) is 1.98. The number of ether oxygens (including phenoxy) is 2. The zero-order valence-electron chi connectivity index (χ0n) is 18.9. The molecule has 1 aliphatic rings. The van der Waals surface area contributed by atoms with E-state index in [-0.39, 0.29) is 29.8 Å². The minimum Gasteiger partial charge on any atom is -0.462 e. The van der Waals surface area contributed by atoms with Gasteiger partial charge in [-0.1, -0.05) is 36.8 Å². The summed E-state index contributed by atoms with van der Waals surface area (Å²) in [4.78, 5) is 39.2. The van der Waals surface area contributed by atoms with Crippen LogP contribution in [-0.2, 0) is 15.9 Å². The maximum absolute atomic E-state index is 12.8. The van der Waals surface area contributed by atoms with E-state index < -0.39 is 0 Å². The zero-order valence-corrected chi connectivity index (χ0v) is 20.4. The molecule has 1 fully saturated rings. The molecule has 2 aromatic heterocycles. The van der Waals surface area contributed by atoms with Crippen LogP contribution >= 0.6 is 22.9 Å². The van der Waals surface area contributed by atoms with Crippen molar-refractivity contribution in [2.45, 2.75) is 59.1 Å². The van der Waals surface area contributed by atoms with Crippen molar-refractivity contribution >= 4 is 39.9 Å². The molecule has 2 unspecified atom stereocenters. The van der Waals surface area contributed by atoms with Gasteiger partial charge in [-0.2, -0.15) is 0 Å². The van der Waals surface area contributed by atoms with Crippen LogP contribution in [0.5, 0.6) is 0 Å². The van der Waals surface area contributed by atoms with E-state index in [4.69, 9.17) is 21.1 Å². The number of imidazole rings is 1. The molecule has 32 heavy (non-hydrogen) atoms. The highest BCUT2D eigenvalue weighted by Crippen LogP contribution is 2.30. The number of carbonyl (C=O) groups excluding carboxylic acids is 2. The number of aryl methyl sites for hydroxylation is 2. The normalized spacial score (nSPS) is 18.6. The average Bonchev–Trinajstić information content (AvgIpc) is 3.35. The van der Waals surface area contributed by atoms with Crippen LogP contribution in [0.25, 0.3) is 0 Å². The number of aromatic nitrogens is 3. The summed E-state index contributed by atoms with van der Waals surface area (Å²) in [7, 11) is 0. The van der Waals surface area contributed by atoms with Crippen LogP contribution in [0.15, 0.2) is 0 Å². The number of nitrogens with zero attached hydrogens (tertiary/aromatic N) is 3. The van der Waals surface area contributed by atoms with Crippen molar-refractivity contribution < 1.29 is 19.1 Å². The quantitative estimate of drug-likeness (QED) is 0.526. The maximum atomic E-state index is 12.8. The second kappa shape index (κ2) is 11.1. The molecule has 0 aliphatic carbocycles. The Balaban J connectivity index is 1.71. The van der Waals surface area contributed by atoms with E-state index in [1.165, 1.54) is 11.3 Å². The van der Waals surface area contributed by atoms with E-state index in [0.29, 0.717) is 54.9 Å². The molecule has 2 atom stereocenters. The van der Waals surface area contributed by atoms with Gasteiger partial charge in [0, 0.05) is 19.7 Å². The lowest BCUT2D eigenvalue weighted by molar-refractivity contribution is 0.0204. The number of piperidine rings is 1. The van der Waals surface area contributed by atoms with Gasteiger partial charge in [0.2, 0.25) is 0 Å². The second-order valence-electron chi connectivity index (χ2n) is 7.56. The van der Waals surface area contributed by atoms with Gasteiger partial charge in [-0.25, -0.2) is 14.8 Å². The summed E-state index contributed by atoms with van der Waals surface area (Å²) in [5, 5.41) is 4.13. The lowest BCUT2D eigenvalue weighted by atomic mass is 10.0. The lowest BCUT2D eigenvalue weighted by Crippen LogP contribution is -2.55. The molecule has 9 nitrogen and oxygen atoms in total. The molecule has 176 valence electrons. The van der Waals surface area contributed by atoms with Crippen LogP contribution in [0.1, 0.15) is 65.3 Å². The van der Waals surface area contributed by atoms with Gasteiger partial charge in [0.1, 0.15) is 4.88 Å². The molecule has 0 radical (unpaired) electrons. The molecule has 11 heteroatoms. The smallest absolute Gasteiger partial charge is 0.350 e. The fraction of sp³-hybridized carbons (Fsp3) is 0.619. The third-order valence-electron chi connectivity index (χ3n) is 5.23. The topological polar surface area (TPSA) is 109 Å². The number of aromatic amines is 1. The predicted molar refractivity (Wildman–Crippen MR) is 124 cm³/mol. The number of carbonyl (C=O) groups is 2. The second-order valence-corrected chi connectivity index (χ2v) is 8.90. The highest BCUT2D eigenvalue weighted by Gasteiger charge is 2.33. The van der Waals surface area contributed by atoms with Gasteiger partial charge in [-0.15, -0.1) is 0 Å². The number of anilines is 1. The number of halogens is 1. The molecule has 3 rings (SSSR count). The Labute approximate surface area is 196 Å². The van der Waals surface area contributed by atoms with Crippen LogP contribution in [0, 0.1) is 6.92 Å². The largest absolute Gasteiger partial charge is 0.462 e. The summed E-state index contributed by atoms with van der Waals surface area (Å²) in [6, 6.07) is -0.176. The Morgan fingerprint density at radius 1 is 1.31 bits per heavy atom. The first-order valence-electron chi connectivity index (χ1n) is 10.9. The van der Waals surface area contributed by atoms with Crippen molar-refractivity contribution in [1.29, 1.82) is 0 Å². The van der Waals surface area contributed by atoms with Gasteiger partial charge < -0.3 is 24.7 Å². The van der Waals surface area contributed by atoms with Gasteiger partial charge in [0.15, 0.2) is 16.1 Å². The minimum atomic E-state index is -0.349. The third kappa shape index (κ3) is 5.60. The van der Waals surface area contributed by atoms with Gasteiger partial charge >= 0.3 is 5.97 Å². The van der Waals surface area contributed by atoms with E-state index in [1.807, 2.05) is 20.8 Å². The molecule has 0 bridgehead atoms. The van der Waals surface area contributed by atoms with Crippen molar-refractivity contribution in [3.05, 3.63) is 27.2 Å². The highest BCUT2D eigenvalue weighted by molar-refractivity contribution is 7.17. The van der Waals surface area contributed by atoms with E-state index in [9.17, 15) is 9.59 Å². The van der Waals surface area contributed by atoms with E-state index in [2.05, 4.69) is 25.2 Å². The molecule has 1 amide bonds. The number of amides is 1. The van der Waals surface area contributed by atoms with Crippen molar-refractivity contribution in [1.82, 2.24) is 20.3 Å². The highest BCUT2D eigenvalue weighted by atomic mass is 35.5. The molecule has 3 heterocycles. The van der Waals surface area contributed by atoms with Gasteiger partial charge in [0.25, 0.3) is 5.91 Å². The number of esters is 1. The third-order valence-corrected chi connectivity index (χ3v) is 6.74. The van der Waals surface area contributed by atoms with Crippen molar-refractivity contribution in [2.75, 3.05) is 31.2 Å². The van der Waals surface area contributed by atoms with Gasteiger partial charge in [0.05, 0.1) is 30.1 Å². The van der Waals surface area contributed by atoms with E-state index in [0.717, 1.165) is 17.2 Å². The average molecular weight is 484 g/mol. The first-order chi connectivity index (χ1) is 15.4. The summed E-state index contributed by atoms with van der Waals surface area (Å²) in [6.45, 7) is 9.71. The molecule has 0 spiro atoms. The summed E-state index contributed by atoms with van der Waals surface area (Å²) >= 11 is 7.41. The minimum absolute atomic E-state index is 0.176. The fourth-order valence-electron chi connectivity index (χ4n) is 3.56. The monoisotopic (exact) mass is 483 g/mol. The molecule has 2 N–H and O–H groups in total. The zero-order chi connectivity index (χ0) is 23.3. The maximum Gasteiger partial charge on any atom is 0.350 e. The molecule has 2 aromatic rings. The Kier molecular flexibility index (Phi) is 8.50. The van der Waals surface area contributed by atoms with Crippen molar-refractivity contribution in [3.8, 4) is 0 Å². The first kappa shape index (κ1) is 24.5. The standard InChI is InChI=1S/C21H30ClN5O4S/c1-5-10-31-15-11-27(21-23-12(4)16(32-21)20(29)30-7-3)9-8-14(15)25-19(28)18-24-13(6-2)17(22)26-18/h14-15H,5-11H2,1-4H3,(H,24,26)(H,25,28). The van der Waals surface area contributed by atoms with Crippen LogP contribution in [0.4, 0.5) is 5.13 Å². The molecular weight excluding hydrogens is 454 g/mol. The number of thiazole rings is 1. The van der Waals surface area contributed by atoms with E-state index >= 15 is 0 Å². The molecule has 1 aliphatic heterocycles. The van der Waals surface area contributed by atoms with Gasteiger partial charge in [-0.3, -0.25) is 4.79 Å². The number of nitrogens with one attached hydrogen (secondary N) is 2. The van der Waals surface area contributed by atoms with E-state index in [1.54, 1.807) is 6.92 Å². The number of hydrogen-bond acceptors (Lipinski definition) is 8. The van der Waals surface area contributed by atoms with Crippen LogP contribution in [0.3, 0.4) is 0 Å². The summed E-state index contributed by atoms with van der Waals surface area (Å²) < 4.78 is 11.2. The van der Waals surface area contributed by atoms with Crippen molar-refractivity contribution in [3.63, 3.8) is 0 Å². The van der Waals surface area contributed by atoms with Crippen LogP contribution in [0.2, 0.25) is 5.15 Å². The SMILES string of the molecule is CCCOC1CN(c2nc(C)c(C(=O)OCC)s2)CCC1NC(=O)c1nc(Cl)c(CC)[nH]1. The predicted octanol–water partition coefficient (Wildman–Crippen LogP) is 3.37. The van der Waals surface area contributed by atoms with Crippen LogP contribution in [-0.4, -0.2) is 65.3 Å². The summed E-state index contributed by atoms with van der Waals surface area (Å²) in [5.41, 5.74) is 1.40. The molecule has 0 aromatic carbocycles. The van der Waals surface area contributed by atoms with Crippen molar-refractivity contribution in [2.24, 2.45) is 0 Å². The Morgan fingerprint density at radius 3 is 2.75 bits per heavy atom. The number of H-pyrrole nitrogens is 1. The first-order valence-corrected chi connectivity index (χ1v) is 12.1. The molecule has 1 saturated heterocycles. The Morgan fingerprint density at radius 2 is 2.09 bits per heavy atom. The number of hydrogen-bond donors (Lipinski definition) is 2.